The van der Waals surface area contributed by atoms with Gasteiger partial charge in [-0.15, -0.1) is 11.3 Å². The molecule has 1 atom stereocenters. The normalized spacial score (nSPS) is 17.1. The second-order valence-corrected chi connectivity index (χ2v) is 8.19. The lowest BCUT2D eigenvalue weighted by Crippen LogP contribution is -2.26. The number of benzene rings is 1. The minimum absolute atomic E-state index is 0.369. The molecule has 0 unspecified atom stereocenters. The van der Waals surface area contributed by atoms with Gasteiger partial charge in [0.2, 0.25) is 0 Å². The van der Waals surface area contributed by atoms with Gasteiger partial charge in [-0.25, -0.2) is 4.68 Å². The smallest absolute Gasteiger partial charge is 0.198 e. The Morgan fingerprint density at radius 3 is 2.71 bits per heavy atom. The third kappa shape index (κ3) is 3.99. The maximum Gasteiger partial charge on any atom is 0.198 e. The Bertz CT molecular complexity index is 963. The van der Waals surface area contributed by atoms with Gasteiger partial charge in [-0.05, 0) is 60.8 Å². The summed E-state index contributed by atoms with van der Waals surface area (Å²) in [4.78, 5) is 3.88. The largest absolute Gasteiger partial charge is 0.497 e. The molecule has 0 saturated carbocycles. The van der Waals surface area contributed by atoms with E-state index in [4.69, 9.17) is 26.8 Å². The van der Waals surface area contributed by atoms with Crippen molar-refractivity contribution in [2.24, 2.45) is 7.05 Å². The Hall–Kier alpha value is -2.16. The molecule has 1 aromatic carbocycles. The predicted octanol–water partition coefficient (Wildman–Crippen LogP) is 4.39. The van der Waals surface area contributed by atoms with Crippen molar-refractivity contribution in [3.8, 4) is 11.5 Å². The van der Waals surface area contributed by atoms with E-state index in [-0.39, 0.29) is 0 Å². The standard InChI is InChI=1S/C20H24N4O2S2/c1-22-19(13-26-16-9-7-15(25-2)8-10-16)21-24(20(22)27)14-23-11-3-5-17(23)18-6-4-12-28-18/h4,6-10,12,17H,3,5,11,13-14H2,1-2H3/t17-/m1/s1. The molecule has 1 aliphatic rings. The van der Waals surface area contributed by atoms with Crippen molar-refractivity contribution in [3.63, 3.8) is 0 Å². The quantitative estimate of drug-likeness (QED) is 0.534. The summed E-state index contributed by atoms with van der Waals surface area (Å²) < 4.78 is 15.6. The van der Waals surface area contributed by atoms with E-state index in [2.05, 4.69) is 22.4 Å². The van der Waals surface area contributed by atoms with Crippen molar-refractivity contribution in [1.29, 1.82) is 0 Å². The van der Waals surface area contributed by atoms with Gasteiger partial charge in [0.25, 0.3) is 0 Å². The number of methoxy groups -OCH3 is 1. The summed E-state index contributed by atoms with van der Waals surface area (Å²) in [5.41, 5.74) is 0. The second kappa shape index (κ2) is 8.46. The molecule has 0 bridgehead atoms. The topological polar surface area (TPSA) is 44.5 Å². The molecule has 8 heteroatoms. The summed E-state index contributed by atoms with van der Waals surface area (Å²) in [5, 5.41) is 6.87. The summed E-state index contributed by atoms with van der Waals surface area (Å²) in [6.07, 6.45) is 2.39. The summed E-state index contributed by atoms with van der Waals surface area (Å²) >= 11 is 7.44. The molecule has 3 heterocycles. The van der Waals surface area contributed by atoms with Gasteiger partial charge in [0.05, 0.1) is 13.8 Å². The third-order valence-corrected chi connectivity index (χ3v) is 6.57. The number of hydrogen-bond donors (Lipinski definition) is 0. The lowest BCUT2D eigenvalue weighted by atomic mass is 10.2. The highest BCUT2D eigenvalue weighted by molar-refractivity contribution is 7.71. The Balaban J connectivity index is 1.45. The molecule has 1 saturated heterocycles. The van der Waals surface area contributed by atoms with Crippen molar-refractivity contribution in [3.05, 3.63) is 57.3 Å². The van der Waals surface area contributed by atoms with Crippen molar-refractivity contribution in [2.75, 3.05) is 13.7 Å². The summed E-state index contributed by atoms with van der Waals surface area (Å²) in [6, 6.07) is 12.3. The third-order valence-electron chi connectivity index (χ3n) is 5.11. The van der Waals surface area contributed by atoms with Gasteiger partial charge in [0.15, 0.2) is 10.6 Å². The molecule has 0 spiro atoms. The number of likely N-dealkylation sites (tertiary alicyclic amines) is 1. The molecule has 148 valence electrons. The lowest BCUT2D eigenvalue weighted by Gasteiger charge is -2.23. The summed E-state index contributed by atoms with van der Waals surface area (Å²) in [5.74, 6) is 2.40. The maximum atomic E-state index is 5.88. The van der Waals surface area contributed by atoms with Gasteiger partial charge in [-0.3, -0.25) is 4.90 Å². The first kappa shape index (κ1) is 19.2. The van der Waals surface area contributed by atoms with Crippen LogP contribution in [0.2, 0.25) is 0 Å². The molecular weight excluding hydrogens is 392 g/mol. The van der Waals surface area contributed by atoms with Crippen LogP contribution in [0.5, 0.6) is 11.5 Å². The minimum atomic E-state index is 0.369. The van der Waals surface area contributed by atoms with E-state index in [9.17, 15) is 0 Å². The number of rotatable bonds is 7. The molecule has 28 heavy (non-hydrogen) atoms. The van der Waals surface area contributed by atoms with E-state index >= 15 is 0 Å². The summed E-state index contributed by atoms with van der Waals surface area (Å²) in [6.45, 7) is 2.14. The Labute approximate surface area is 173 Å². The number of nitrogens with zero attached hydrogens (tertiary/aromatic N) is 4. The van der Waals surface area contributed by atoms with Crippen LogP contribution in [-0.4, -0.2) is 32.9 Å². The van der Waals surface area contributed by atoms with Crippen LogP contribution in [0, 0.1) is 4.77 Å². The molecule has 0 aliphatic carbocycles. The highest BCUT2D eigenvalue weighted by atomic mass is 32.1. The molecule has 0 amide bonds. The van der Waals surface area contributed by atoms with Gasteiger partial charge in [-0.2, -0.15) is 5.10 Å². The molecule has 1 fully saturated rings. The van der Waals surface area contributed by atoms with E-state index in [1.807, 2.05) is 51.9 Å². The van der Waals surface area contributed by atoms with Crippen LogP contribution in [0.25, 0.3) is 0 Å². The van der Waals surface area contributed by atoms with Crippen LogP contribution in [0.4, 0.5) is 0 Å². The van der Waals surface area contributed by atoms with Crippen molar-refractivity contribution >= 4 is 23.6 Å². The van der Waals surface area contributed by atoms with Crippen molar-refractivity contribution in [2.45, 2.75) is 32.2 Å². The fraction of sp³-hybridized carbons (Fsp3) is 0.400. The van der Waals surface area contributed by atoms with Crippen LogP contribution in [0.15, 0.2) is 41.8 Å². The predicted molar refractivity (Wildman–Crippen MR) is 112 cm³/mol. The monoisotopic (exact) mass is 416 g/mol. The highest BCUT2D eigenvalue weighted by Gasteiger charge is 2.27. The first-order valence-corrected chi connectivity index (χ1v) is 10.6. The number of hydrogen-bond acceptors (Lipinski definition) is 6. The average molecular weight is 417 g/mol. The molecule has 6 nitrogen and oxygen atoms in total. The van der Waals surface area contributed by atoms with Gasteiger partial charge in [-0.1, -0.05) is 6.07 Å². The second-order valence-electron chi connectivity index (χ2n) is 6.85. The van der Waals surface area contributed by atoms with Crippen LogP contribution in [-0.2, 0) is 20.3 Å². The minimum Gasteiger partial charge on any atom is -0.497 e. The van der Waals surface area contributed by atoms with Crippen molar-refractivity contribution in [1.82, 2.24) is 19.2 Å². The molecule has 0 N–H and O–H groups in total. The van der Waals surface area contributed by atoms with Crippen LogP contribution in [0.3, 0.4) is 0 Å². The van der Waals surface area contributed by atoms with Crippen LogP contribution >= 0.6 is 23.6 Å². The first-order valence-electron chi connectivity index (χ1n) is 9.32. The molecular formula is C20H24N4O2S2. The van der Waals surface area contributed by atoms with E-state index in [0.717, 1.165) is 23.9 Å². The molecule has 2 aromatic heterocycles. The van der Waals surface area contributed by atoms with Gasteiger partial charge in [0, 0.05) is 24.5 Å². The van der Waals surface area contributed by atoms with Crippen molar-refractivity contribution < 1.29 is 9.47 Å². The number of ether oxygens (including phenoxy) is 2. The average Bonchev–Trinajstić information content (AvgIpc) is 3.45. The zero-order valence-corrected chi connectivity index (χ0v) is 17.7. The summed E-state index contributed by atoms with van der Waals surface area (Å²) in [7, 11) is 3.59. The Morgan fingerprint density at radius 2 is 2.00 bits per heavy atom. The molecule has 1 aliphatic heterocycles. The lowest BCUT2D eigenvalue weighted by molar-refractivity contribution is 0.191. The van der Waals surface area contributed by atoms with E-state index < -0.39 is 0 Å². The fourth-order valence-corrected chi connectivity index (χ4v) is 4.64. The molecule has 3 aromatic rings. The molecule has 4 rings (SSSR count). The molecule has 0 radical (unpaired) electrons. The van der Waals surface area contributed by atoms with E-state index in [1.54, 1.807) is 7.11 Å². The van der Waals surface area contributed by atoms with Gasteiger partial charge in [0.1, 0.15) is 18.1 Å². The first-order chi connectivity index (χ1) is 13.7. The van der Waals surface area contributed by atoms with Gasteiger partial charge < -0.3 is 14.0 Å². The zero-order chi connectivity index (χ0) is 19.5. The zero-order valence-electron chi connectivity index (χ0n) is 16.1. The van der Waals surface area contributed by atoms with Gasteiger partial charge >= 0.3 is 0 Å². The van der Waals surface area contributed by atoms with Crippen LogP contribution in [0.1, 0.15) is 29.6 Å². The number of thiophene rings is 1. The highest BCUT2D eigenvalue weighted by Crippen LogP contribution is 2.34. The Morgan fingerprint density at radius 1 is 1.21 bits per heavy atom. The van der Waals surface area contributed by atoms with E-state index in [1.165, 1.54) is 17.7 Å². The van der Waals surface area contributed by atoms with E-state index in [0.29, 0.717) is 24.1 Å². The van der Waals surface area contributed by atoms with Crippen LogP contribution < -0.4 is 9.47 Å². The Kier molecular flexibility index (Phi) is 5.79. The maximum absolute atomic E-state index is 5.88. The number of aromatic nitrogens is 3. The fourth-order valence-electron chi connectivity index (χ4n) is 3.54. The SMILES string of the molecule is COc1ccc(OCc2nn(CN3CCC[C@@H]3c3cccs3)c(=S)n2C)cc1.